The van der Waals surface area contributed by atoms with Gasteiger partial charge in [0.05, 0.1) is 6.61 Å². The maximum Gasteiger partial charge on any atom is 0.0615 e. The molecule has 0 aromatic rings. The summed E-state index contributed by atoms with van der Waals surface area (Å²) in [6.07, 6.45) is 7.29. The lowest BCUT2D eigenvalue weighted by atomic mass is 9.52. The Morgan fingerprint density at radius 2 is 1.94 bits per heavy atom. The summed E-state index contributed by atoms with van der Waals surface area (Å²) in [6, 6.07) is 0. The van der Waals surface area contributed by atoms with Gasteiger partial charge in [0.25, 0.3) is 0 Å². The van der Waals surface area contributed by atoms with Crippen molar-refractivity contribution in [3.8, 4) is 0 Å². The van der Waals surface area contributed by atoms with Gasteiger partial charge in [0.15, 0.2) is 0 Å². The smallest absolute Gasteiger partial charge is 0.0615 e. The van der Waals surface area contributed by atoms with Crippen molar-refractivity contribution in [2.75, 3.05) is 6.61 Å². The van der Waals surface area contributed by atoms with Crippen LogP contribution in [-0.2, 0) is 0 Å². The Kier molecular flexibility index (Phi) is 2.94. The molecule has 4 atom stereocenters. The maximum absolute atomic E-state index is 9.10. The third-order valence-corrected chi connectivity index (χ3v) is 6.29. The Hall–Kier alpha value is -0.300. The van der Waals surface area contributed by atoms with Gasteiger partial charge >= 0.3 is 0 Å². The molecule has 0 unspecified atom stereocenters. The molecule has 2 rings (SSSR count). The highest BCUT2D eigenvalue weighted by atomic mass is 16.2. The van der Waals surface area contributed by atoms with Crippen LogP contribution < -0.4 is 0 Å². The number of fused-ring (bicyclic) bond motifs is 1. The van der Waals surface area contributed by atoms with Crippen LogP contribution >= 0.6 is 0 Å². The van der Waals surface area contributed by atoms with E-state index >= 15 is 0 Å². The van der Waals surface area contributed by atoms with Crippen LogP contribution in [0.1, 0.15) is 53.4 Å². The number of hydrogen-bond donors (Lipinski definition) is 1. The first kappa shape index (κ1) is 12.2. The average Bonchev–Trinajstić information content (AvgIpc) is 2.49. The van der Waals surface area contributed by atoms with E-state index < -0.39 is 0 Å². The molecule has 0 bridgehead atoms. The van der Waals surface area contributed by atoms with Crippen LogP contribution in [0.2, 0.25) is 0 Å². The van der Waals surface area contributed by atoms with Gasteiger partial charge in [-0.15, -0.1) is 0 Å². The van der Waals surface area contributed by atoms with Gasteiger partial charge in [0.1, 0.15) is 0 Å². The summed E-state index contributed by atoms with van der Waals surface area (Å²) in [7, 11) is 0. The van der Waals surface area contributed by atoms with Crippen LogP contribution in [0.3, 0.4) is 0 Å². The van der Waals surface area contributed by atoms with Gasteiger partial charge < -0.3 is 5.11 Å². The summed E-state index contributed by atoms with van der Waals surface area (Å²) in [6.45, 7) is 9.99. The molecular weight excluding hydrogens is 196 g/mol. The maximum atomic E-state index is 9.10. The summed E-state index contributed by atoms with van der Waals surface area (Å²) in [5.41, 5.74) is 2.46. The van der Waals surface area contributed by atoms with Crippen LogP contribution in [0, 0.1) is 22.7 Å². The predicted molar refractivity (Wildman–Crippen MR) is 68.2 cm³/mol. The molecule has 2 aliphatic rings. The molecule has 0 heterocycles. The molecule has 2 saturated carbocycles. The molecule has 2 aliphatic carbocycles. The average molecular weight is 222 g/mol. The molecule has 1 heteroatoms. The molecule has 2 fully saturated rings. The molecule has 0 aromatic heterocycles. The zero-order chi connectivity index (χ0) is 12.0. The fraction of sp³-hybridized carbons (Fsp3) is 0.867. The summed E-state index contributed by atoms with van der Waals surface area (Å²) in [5.74, 6) is 1.50. The molecule has 1 N–H and O–H groups in total. The molecule has 1 nitrogen and oxygen atoms in total. The zero-order valence-corrected chi connectivity index (χ0v) is 11.2. The van der Waals surface area contributed by atoms with E-state index in [1.807, 2.05) is 0 Å². The highest BCUT2D eigenvalue weighted by Gasteiger charge is 2.57. The fourth-order valence-corrected chi connectivity index (χ4v) is 4.35. The fourth-order valence-electron chi connectivity index (χ4n) is 4.35. The van der Waals surface area contributed by atoms with E-state index in [0.29, 0.717) is 16.7 Å². The van der Waals surface area contributed by atoms with Crippen molar-refractivity contribution >= 4 is 0 Å². The van der Waals surface area contributed by atoms with Crippen molar-refractivity contribution in [1.29, 1.82) is 0 Å². The van der Waals surface area contributed by atoms with Crippen LogP contribution in [0.25, 0.3) is 0 Å². The minimum atomic E-state index is 0.210. The summed E-state index contributed by atoms with van der Waals surface area (Å²) < 4.78 is 0. The van der Waals surface area contributed by atoms with E-state index in [9.17, 15) is 0 Å². The molecule has 92 valence electrons. The number of aliphatic hydroxyl groups excluding tert-OH is 1. The molecule has 0 amide bonds. The third-order valence-electron chi connectivity index (χ3n) is 6.29. The van der Waals surface area contributed by atoms with Gasteiger partial charge in [-0.05, 0) is 48.3 Å². The lowest BCUT2D eigenvalue weighted by molar-refractivity contribution is 0.00330. The number of hydrogen-bond acceptors (Lipinski definition) is 1. The van der Waals surface area contributed by atoms with Gasteiger partial charge in [0, 0.05) is 0 Å². The van der Waals surface area contributed by atoms with Crippen molar-refractivity contribution in [1.82, 2.24) is 0 Å². The Morgan fingerprint density at radius 1 is 1.25 bits per heavy atom. The lowest BCUT2D eigenvalue weighted by Crippen LogP contribution is -2.45. The van der Waals surface area contributed by atoms with E-state index in [1.165, 1.54) is 31.3 Å². The second-order valence-electron chi connectivity index (χ2n) is 6.46. The first-order valence-corrected chi connectivity index (χ1v) is 6.75. The largest absolute Gasteiger partial charge is 0.392 e. The Morgan fingerprint density at radius 3 is 2.56 bits per heavy atom. The monoisotopic (exact) mass is 222 g/mol. The second kappa shape index (κ2) is 3.87. The van der Waals surface area contributed by atoms with E-state index in [-0.39, 0.29) is 6.61 Å². The topological polar surface area (TPSA) is 20.2 Å². The number of rotatable bonds is 1. The van der Waals surface area contributed by atoms with E-state index in [2.05, 4.69) is 33.8 Å². The van der Waals surface area contributed by atoms with E-state index in [0.717, 1.165) is 5.92 Å². The van der Waals surface area contributed by atoms with Crippen LogP contribution in [0.5, 0.6) is 0 Å². The van der Waals surface area contributed by atoms with Crippen molar-refractivity contribution in [3.63, 3.8) is 0 Å². The Bertz CT molecular complexity index is 307. The molecule has 0 aromatic carbocycles. The van der Waals surface area contributed by atoms with Gasteiger partial charge in [-0.3, -0.25) is 0 Å². The van der Waals surface area contributed by atoms with Crippen LogP contribution in [0.15, 0.2) is 11.6 Å². The zero-order valence-electron chi connectivity index (χ0n) is 11.2. The first-order valence-electron chi connectivity index (χ1n) is 6.75. The number of allylic oxidation sites excluding steroid dienone is 1. The van der Waals surface area contributed by atoms with Gasteiger partial charge in [-0.2, -0.15) is 0 Å². The van der Waals surface area contributed by atoms with Gasteiger partial charge in [-0.1, -0.05) is 39.3 Å². The summed E-state index contributed by atoms with van der Waals surface area (Å²) >= 11 is 0. The first-order chi connectivity index (χ1) is 7.45. The van der Waals surface area contributed by atoms with Crippen molar-refractivity contribution in [2.24, 2.45) is 22.7 Å². The second-order valence-corrected chi connectivity index (χ2v) is 6.46. The standard InChI is InChI=1S/C15H26O/c1-11-5-8-15(4)12(2)13(7-10-16)6-9-14(11,15)3/h7,11-12,16H,5-6,8-10H2,1-4H3/b13-7+/t11-,12-,14+,15+/m1/s1. The quantitative estimate of drug-likeness (QED) is 0.669. The van der Waals surface area contributed by atoms with Gasteiger partial charge in [-0.25, -0.2) is 0 Å². The van der Waals surface area contributed by atoms with E-state index in [4.69, 9.17) is 5.11 Å². The summed E-state index contributed by atoms with van der Waals surface area (Å²) in [4.78, 5) is 0. The molecule has 0 radical (unpaired) electrons. The third kappa shape index (κ3) is 1.40. The molecule has 0 saturated heterocycles. The van der Waals surface area contributed by atoms with Crippen molar-refractivity contribution in [3.05, 3.63) is 11.6 Å². The SMILES string of the molecule is C[C@@H]1CC[C@@]2(C)[C@H](C)/C(=C/CO)CC[C@@]12C. The highest BCUT2D eigenvalue weighted by molar-refractivity contribution is 5.20. The molecule has 16 heavy (non-hydrogen) atoms. The molecular formula is C15H26O. The molecule has 0 spiro atoms. The molecule has 0 aliphatic heterocycles. The summed E-state index contributed by atoms with van der Waals surface area (Å²) in [5, 5.41) is 9.10. The Balaban J connectivity index is 2.34. The van der Waals surface area contributed by atoms with Gasteiger partial charge in [0.2, 0.25) is 0 Å². The van der Waals surface area contributed by atoms with Crippen LogP contribution in [0.4, 0.5) is 0 Å². The number of aliphatic hydroxyl groups is 1. The normalized spacial score (nSPS) is 50.7. The van der Waals surface area contributed by atoms with E-state index in [1.54, 1.807) is 0 Å². The predicted octanol–water partition coefficient (Wildman–Crippen LogP) is 3.78. The van der Waals surface area contributed by atoms with Crippen molar-refractivity contribution in [2.45, 2.75) is 53.4 Å². The minimum Gasteiger partial charge on any atom is -0.392 e. The minimum absolute atomic E-state index is 0.210. The Labute approximate surface area is 99.9 Å². The van der Waals surface area contributed by atoms with Crippen LogP contribution in [-0.4, -0.2) is 11.7 Å². The highest BCUT2D eigenvalue weighted by Crippen LogP contribution is 2.66. The van der Waals surface area contributed by atoms with Crippen molar-refractivity contribution < 1.29 is 5.11 Å². The lowest BCUT2D eigenvalue weighted by Gasteiger charge is -2.52.